The van der Waals surface area contributed by atoms with E-state index in [1.54, 1.807) is 31.1 Å². The van der Waals surface area contributed by atoms with Gasteiger partial charge in [-0.05, 0) is 25.1 Å². The lowest BCUT2D eigenvalue weighted by molar-refractivity contribution is 0.617. The van der Waals surface area contributed by atoms with Crippen LogP contribution in [0.5, 0.6) is 0 Å². The van der Waals surface area contributed by atoms with E-state index < -0.39 is 5.82 Å². The van der Waals surface area contributed by atoms with E-state index in [1.165, 1.54) is 6.07 Å². The number of hydrogen-bond donors (Lipinski definition) is 1. The minimum atomic E-state index is -0.420. The van der Waals surface area contributed by atoms with Crippen LogP contribution in [0.3, 0.4) is 0 Å². The van der Waals surface area contributed by atoms with Gasteiger partial charge in [0.05, 0.1) is 23.2 Å². The predicted molar refractivity (Wildman–Crippen MR) is 74.2 cm³/mol. The highest BCUT2D eigenvalue weighted by Crippen LogP contribution is 2.32. The Kier molecular flexibility index (Phi) is 3.52. The fourth-order valence-electron chi connectivity index (χ4n) is 2.13. The molecule has 0 fully saturated rings. The Labute approximate surface area is 111 Å². The molecule has 0 saturated heterocycles. The summed E-state index contributed by atoms with van der Waals surface area (Å²) < 4.78 is 14.1. The molecule has 1 aromatic carbocycles. The molecule has 0 aliphatic rings. The lowest BCUT2D eigenvalue weighted by Crippen LogP contribution is -2.24. The quantitative estimate of drug-likeness (QED) is 0.859. The summed E-state index contributed by atoms with van der Waals surface area (Å²) in [6, 6.07) is 7.00. The van der Waals surface area contributed by atoms with Crippen LogP contribution in [-0.2, 0) is 0 Å². The molecule has 1 heterocycles. The summed E-state index contributed by atoms with van der Waals surface area (Å²) in [6.07, 6.45) is 1.60. The maximum atomic E-state index is 14.1. The third-order valence-electron chi connectivity index (χ3n) is 3.00. The minimum absolute atomic E-state index is 0.194. The predicted octanol–water partition coefficient (Wildman–Crippen LogP) is 2.55. The molecule has 5 heteroatoms. The highest BCUT2D eigenvalue weighted by atomic mass is 19.1. The Hall–Kier alpha value is -2.35. The Balaban J connectivity index is 2.57. The Morgan fingerprint density at radius 3 is 3.00 bits per heavy atom. The first kappa shape index (κ1) is 13.1. The lowest BCUT2D eigenvalue weighted by Gasteiger charge is -2.22. The van der Waals surface area contributed by atoms with Crippen molar-refractivity contribution < 1.29 is 4.39 Å². The van der Waals surface area contributed by atoms with Gasteiger partial charge in [-0.25, -0.2) is 4.39 Å². The number of rotatable bonds is 3. The van der Waals surface area contributed by atoms with Crippen molar-refractivity contribution in [2.45, 2.75) is 6.92 Å². The third kappa shape index (κ3) is 2.43. The van der Waals surface area contributed by atoms with Crippen LogP contribution in [0.15, 0.2) is 24.4 Å². The fourth-order valence-corrected chi connectivity index (χ4v) is 2.13. The van der Waals surface area contributed by atoms with E-state index in [9.17, 15) is 4.39 Å². The van der Waals surface area contributed by atoms with E-state index in [1.807, 2.05) is 6.07 Å². The molecule has 1 aromatic heterocycles. The molecular formula is C14H15FN4. The van der Waals surface area contributed by atoms with Crippen molar-refractivity contribution >= 4 is 22.3 Å². The van der Waals surface area contributed by atoms with Gasteiger partial charge in [-0.2, -0.15) is 5.26 Å². The number of nitrogen functional groups attached to an aromatic ring is 1. The van der Waals surface area contributed by atoms with Gasteiger partial charge >= 0.3 is 0 Å². The number of pyridine rings is 1. The molecule has 0 saturated carbocycles. The Morgan fingerprint density at radius 1 is 1.58 bits per heavy atom. The van der Waals surface area contributed by atoms with E-state index in [-0.39, 0.29) is 5.92 Å². The van der Waals surface area contributed by atoms with Crippen LogP contribution in [0.4, 0.5) is 15.8 Å². The number of halogens is 1. The van der Waals surface area contributed by atoms with E-state index in [0.717, 1.165) is 5.39 Å². The zero-order chi connectivity index (χ0) is 14.0. The topological polar surface area (TPSA) is 65.9 Å². The molecule has 19 heavy (non-hydrogen) atoms. The van der Waals surface area contributed by atoms with Crippen LogP contribution in [0.25, 0.3) is 10.9 Å². The molecular weight excluding hydrogens is 243 g/mol. The van der Waals surface area contributed by atoms with Crippen LogP contribution in [-0.4, -0.2) is 18.6 Å². The summed E-state index contributed by atoms with van der Waals surface area (Å²) in [5.74, 6) is -0.614. The summed E-state index contributed by atoms with van der Waals surface area (Å²) in [4.78, 5) is 5.92. The van der Waals surface area contributed by atoms with Crippen molar-refractivity contribution in [3.05, 3.63) is 30.2 Å². The maximum Gasteiger partial charge on any atom is 0.150 e. The van der Waals surface area contributed by atoms with Crippen molar-refractivity contribution in [2.75, 3.05) is 24.2 Å². The molecule has 0 aliphatic carbocycles. The minimum Gasteiger partial charge on any atom is -0.398 e. The number of hydrogen-bond acceptors (Lipinski definition) is 4. The van der Waals surface area contributed by atoms with Gasteiger partial charge < -0.3 is 10.6 Å². The van der Waals surface area contributed by atoms with Crippen LogP contribution in [0.1, 0.15) is 6.92 Å². The lowest BCUT2D eigenvalue weighted by atomic mass is 10.1. The number of benzene rings is 1. The van der Waals surface area contributed by atoms with Gasteiger partial charge in [-0.3, -0.25) is 4.98 Å². The highest BCUT2D eigenvalue weighted by Gasteiger charge is 2.17. The molecule has 2 N–H and O–H groups in total. The largest absolute Gasteiger partial charge is 0.398 e. The van der Waals surface area contributed by atoms with E-state index >= 15 is 0 Å². The van der Waals surface area contributed by atoms with Crippen LogP contribution >= 0.6 is 0 Å². The second-order valence-corrected chi connectivity index (χ2v) is 4.61. The molecule has 4 nitrogen and oxygen atoms in total. The van der Waals surface area contributed by atoms with Gasteiger partial charge in [0.25, 0.3) is 0 Å². The Morgan fingerprint density at radius 2 is 2.32 bits per heavy atom. The second kappa shape index (κ2) is 5.11. The molecule has 2 aromatic rings. The molecule has 0 amide bonds. The van der Waals surface area contributed by atoms with Gasteiger partial charge in [-0.1, -0.05) is 0 Å². The number of fused-ring (bicyclic) bond motifs is 1. The van der Waals surface area contributed by atoms with Gasteiger partial charge in [0.1, 0.15) is 0 Å². The average molecular weight is 258 g/mol. The van der Waals surface area contributed by atoms with Crippen molar-refractivity contribution in [1.29, 1.82) is 5.26 Å². The van der Waals surface area contributed by atoms with Crippen LogP contribution < -0.4 is 10.6 Å². The summed E-state index contributed by atoms with van der Waals surface area (Å²) >= 11 is 0. The van der Waals surface area contributed by atoms with E-state index in [0.29, 0.717) is 23.4 Å². The summed E-state index contributed by atoms with van der Waals surface area (Å²) in [5.41, 5.74) is 7.07. The van der Waals surface area contributed by atoms with Gasteiger partial charge in [0, 0.05) is 30.9 Å². The highest BCUT2D eigenvalue weighted by molar-refractivity contribution is 5.98. The maximum absolute atomic E-state index is 14.1. The molecule has 98 valence electrons. The van der Waals surface area contributed by atoms with Crippen LogP contribution in [0, 0.1) is 23.1 Å². The summed E-state index contributed by atoms with van der Waals surface area (Å²) in [6.45, 7) is 2.23. The van der Waals surface area contributed by atoms with Crippen LogP contribution in [0.2, 0.25) is 0 Å². The fraction of sp³-hybridized carbons (Fsp3) is 0.286. The number of anilines is 2. The summed E-state index contributed by atoms with van der Waals surface area (Å²) in [5, 5.41) is 9.57. The standard InChI is InChI=1S/C14H15FN4/c1-9(7-16)8-19(2)14-11(15)6-12(17)10-4-3-5-18-13(10)14/h3-6,9H,8,17H2,1-2H3. The smallest absolute Gasteiger partial charge is 0.150 e. The average Bonchev–Trinajstić information content (AvgIpc) is 2.38. The zero-order valence-electron chi connectivity index (χ0n) is 10.9. The number of nitriles is 1. The molecule has 1 unspecified atom stereocenters. The number of nitrogens with zero attached hydrogens (tertiary/aromatic N) is 3. The monoisotopic (exact) mass is 258 g/mol. The van der Waals surface area contributed by atoms with Crippen molar-refractivity contribution in [1.82, 2.24) is 4.98 Å². The first-order chi connectivity index (χ1) is 9.04. The van der Waals surface area contributed by atoms with Gasteiger partial charge in [0.15, 0.2) is 5.82 Å². The molecule has 0 aliphatic heterocycles. The van der Waals surface area contributed by atoms with Crippen molar-refractivity contribution in [2.24, 2.45) is 5.92 Å². The van der Waals surface area contributed by atoms with Crippen molar-refractivity contribution in [3.63, 3.8) is 0 Å². The summed E-state index contributed by atoms with van der Waals surface area (Å²) in [7, 11) is 1.75. The third-order valence-corrected chi connectivity index (χ3v) is 3.00. The van der Waals surface area contributed by atoms with Gasteiger partial charge in [0.2, 0.25) is 0 Å². The molecule has 0 bridgehead atoms. The second-order valence-electron chi connectivity index (χ2n) is 4.61. The van der Waals surface area contributed by atoms with Crippen molar-refractivity contribution in [3.8, 4) is 6.07 Å². The number of nitrogens with two attached hydrogens (primary N) is 1. The normalized spacial score (nSPS) is 12.1. The zero-order valence-corrected chi connectivity index (χ0v) is 10.9. The molecule has 0 radical (unpaired) electrons. The first-order valence-corrected chi connectivity index (χ1v) is 5.98. The first-order valence-electron chi connectivity index (χ1n) is 5.98. The molecule has 0 spiro atoms. The number of aromatic nitrogens is 1. The SMILES string of the molecule is CC(C#N)CN(C)c1c(F)cc(N)c2cccnc12. The Bertz CT molecular complexity index is 648. The molecule has 2 rings (SSSR count). The molecule has 1 atom stereocenters. The van der Waals surface area contributed by atoms with E-state index in [4.69, 9.17) is 11.0 Å². The van der Waals surface area contributed by atoms with E-state index in [2.05, 4.69) is 11.1 Å². The van der Waals surface area contributed by atoms with Gasteiger partial charge in [-0.15, -0.1) is 0 Å².